The Morgan fingerprint density at radius 3 is 2.72 bits per heavy atom. The van der Waals surface area contributed by atoms with Gasteiger partial charge in [0.15, 0.2) is 17.3 Å². The summed E-state index contributed by atoms with van der Waals surface area (Å²) in [5.41, 5.74) is 1.46. The van der Waals surface area contributed by atoms with Crippen LogP contribution in [-0.2, 0) is 11.3 Å². The average Bonchev–Trinajstić information content (AvgIpc) is 3.43. The Balaban J connectivity index is 1.81. The monoisotopic (exact) mass is 450 g/mol. The molecule has 0 saturated heterocycles. The number of carbonyl (C=O) groups is 2. The first-order valence-corrected chi connectivity index (χ1v) is 10.9. The molecule has 0 radical (unpaired) electrons. The summed E-state index contributed by atoms with van der Waals surface area (Å²) in [5, 5.41) is 12.6. The lowest BCUT2D eigenvalue weighted by atomic mass is 9.95. The number of Topliss-reactive ketones (excluding diaryl/α,β-unsaturated/α-hetero) is 1. The van der Waals surface area contributed by atoms with E-state index in [1.54, 1.807) is 54.2 Å². The van der Waals surface area contributed by atoms with Gasteiger partial charge in [-0.3, -0.25) is 14.6 Å². The number of methoxy groups -OCH3 is 1. The van der Waals surface area contributed by atoms with Crippen LogP contribution in [0.25, 0.3) is 0 Å². The maximum atomic E-state index is 13.3. The number of amides is 1. The number of rotatable bonds is 8. The van der Waals surface area contributed by atoms with Gasteiger partial charge in [-0.15, -0.1) is 11.3 Å². The van der Waals surface area contributed by atoms with Gasteiger partial charge in [0.2, 0.25) is 5.78 Å². The topological polar surface area (TPSA) is 89.0 Å². The highest BCUT2D eigenvalue weighted by Gasteiger charge is 2.44. The first-order chi connectivity index (χ1) is 15.5. The molecule has 164 valence electrons. The largest absolute Gasteiger partial charge is 0.503 e. The number of ether oxygens (including phenoxy) is 2. The van der Waals surface area contributed by atoms with E-state index >= 15 is 0 Å². The fraction of sp³-hybridized carbons (Fsp3) is 0.208. The Kier molecular flexibility index (Phi) is 6.23. The van der Waals surface area contributed by atoms with Gasteiger partial charge in [0.25, 0.3) is 5.91 Å². The molecule has 7 nitrogen and oxygen atoms in total. The Hall–Kier alpha value is -3.65. The summed E-state index contributed by atoms with van der Waals surface area (Å²) in [7, 11) is 1.53. The Labute approximate surface area is 189 Å². The molecule has 0 unspecified atom stereocenters. The molecular weight excluding hydrogens is 428 g/mol. The second-order valence-electron chi connectivity index (χ2n) is 7.11. The molecular formula is C24H22N2O5S. The van der Waals surface area contributed by atoms with Crippen LogP contribution < -0.4 is 9.47 Å². The number of hydrogen-bond acceptors (Lipinski definition) is 7. The molecule has 32 heavy (non-hydrogen) atoms. The number of pyridine rings is 1. The van der Waals surface area contributed by atoms with Crippen LogP contribution in [0.2, 0.25) is 0 Å². The maximum absolute atomic E-state index is 13.3. The van der Waals surface area contributed by atoms with E-state index in [2.05, 4.69) is 4.98 Å². The highest BCUT2D eigenvalue weighted by atomic mass is 32.1. The average molecular weight is 451 g/mol. The number of ketones is 1. The highest BCUT2D eigenvalue weighted by molar-refractivity contribution is 7.12. The molecule has 1 N–H and O–H groups in total. The number of thiophene rings is 1. The fourth-order valence-electron chi connectivity index (χ4n) is 3.75. The summed E-state index contributed by atoms with van der Waals surface area (Å²) < 4.78 is 11.1. The first kappa shape index (κ1) is 21.6. The number of nitrogens with zero attached hydrogens (tertiary/aromatic N) is 2. The molecule has 4 rings (SSSR count). The zero-order valence-corrected chi connectivity index (χ0v) is 18.5. The van der Waals surface area contributed by atoms with Crippen LogP contribution in [0.15, 0.2) is 71.6 Å². The normalized spacial score (nSPS) is 15.9. The minimum atomic E-state index is -0.790. The van der Waals surface area contributed by atoms with Crippen LogP contribution in [0.5, 0.6) is 11.5 Å². The molecule has 8 heteroatoms. The first-order valence-electron chi connectivity index (χ1n) is 10.1. The van der Waals surface area contributed by atoms with Gasteiger partial charge in [0.1, 0.15) is 0 Å². The van der Waals surface area contributed by atoms with Crippen molar-refractivity contribution in [2.24, 2.45) is 0 Å². The van der Waals surface area contributed by atoms with Crippen LogP contribution in [0.1, 0.15) is 33.8 Å². The number of benzene rings is 1. The second kappa shape index (κ2) is 9.23. The predicted molar refractivity (Wildman–Crippen MR) is 120 cm³/mol. The van der Waals surface area contributed by atoms with Crippen molar-refractivity contribution in [3.63, 3.8) is 0 Å². The van der Waals surface area contributed by atoms with Gasteiger partial charge in [-0.25, -0.2) is 0 Å². The minimum absolute atomic E-state index is 0.0487. The molecule has 0 saturated carbocycles. The minimum Gasteiger partial charge on any atom is -0.503 e. The van der Waals surface area contributed by atoms with E-state index < -0.39 is 17.7 Å². The van der Waals surface area contributed by atoms with Gasteiger partial charge < -0.3 is 19.5 Å². The van der Waals surface area contributed by atoms with Gasteiger partial charge in [0, 0.05) is 18.9 Å². The van der Waals surface area contributed by atoms with Crippen molar-refractivity contribution < 1.29 is 24.2 Å². The summed E-state index contributed by atoms with van der Waals surface area (Å²) in [6.45, 7) is 2.52. The molecule has 1 aromatic carbocycles. The van der Waals surface area contributed by atoms with Crippen molar-refractivity contribution in [2.45, 2.75) is 19.5 Å². The summed E-state index contributed by atoms with van der Waals surface area (Å²) in [4.78, 5) is 32.4. The molecule has 1 atom stereocenters. The van der Waals surface area contributed by atoms with Crippen molar-refractivity contribution in [3.8, 4) is 11.5 Å². The van der Waals surface area contributed by atoms with E-state index in [9.17, 15) is 14.7 Å². The lowest BCUT2D eigenvalue weighted by Crippen LogP contribution is -2.30. The molecule has 3 heterocycles. The molecule has 1 amide bonds. The third-order valence-corrected chi connectivity index (χ3v) is 6.04. The van der Waals surface area contributed by atoms with Crippen LogP contribution >= 0.6 is 11.3 Å². The van der Waals surface area contributed by atoms with Gasteiger partial charge in [-0.05, 0) is 47.7 Å². The van der Waals surface area contributed by atoms with Crippen molar-refractivity contribution in [1.29, 1.82) is 0 Å². The third kappa shape index (κ3) is 3.97. The predicted octanol–water partition coefficient (Wildman–Crippen LogP) is 4.33. The summed E-state index contributed by atoms with van der Waals surface area (Å²) in [6, 6.07) is 11.5. The summed E-state index contributed by atoms with van der Waals surface area (Å²) >= 11 is 1.26. The summed E-state index contributed by atoms with van der Waals surface area (Å²) in [5.74, 6) is -0.484. The Morgan fingerprint density at radius 2 is 2.06 bits per heavy atom. The van der Waals surface area contributed by atoms with Gasteiger partial charge >= 0.3 is 0 Å². The van der Waals surface area contributed by atoms with E-state index in [0.717, 1.165) is 5.56 Å². The van der Waals surface area contributed by atoms with Crippen molar-refractivity contribution in [3.05, 3.63) is 87.6 Å². The Bertz CT molecular complexity index is 1160. The number of aliphatic hydroxyl groups excluding tert-OH is 1. The van der Waals surface area contributed by atoms with E-state index in [-0.39, 0.29) is 17.9 Å². The quantitative estimate of drug-likeness (QED) is 0.514. The smallest absolute Gasteiger partial charge is 0.290 e. The number of aliphatic hydroxyl groups is 1. The molecule has 0 aliphatic carbocycles. The highest BCUT2D eigenvalue weighted by Crippen LogP contribution is 2.42. The van der Waals surface area contributed by atoms with Gasteiger partial charge in [0.05, 0.1) is 30.2 Å². The van der Waals surface area contributed by atoms with Crippen LogP contribution in [0, 0.1) is 0 Å². The molecule has 2 aromatic heterocycles. The zero-order valence-electron chi connectivity index (χ0n) is 17.6. The number of carbonyl (C=O) groups excluding carboxylic acids is 2. The molecule has 0 spiro atoms. The van der Waals surface area contributed by atoms with Crippen LogP contribution in [0.3, 0.4) is 0 Å². The summed E-state index contributed by atoms with van der Waals surface area (Å²) in [6.07, 6.45) is 3.30. The number of aromatic nitrogens is 1. The van der Waals surface area contributed by atoms with E-state index in [4.69, 9.17) is 9.47 Å². The van der Waals surface area contributed by atoms with Crippen LogP contribution in [0.4, 0.5) is 0 Å². The standard InChI is InChI=1S/C24H22N2O5S/c1-3-31-17-9-8-16(12-18(17)30-2)21-20(22(27)19-7-5-11-32-19)23(28)24(29)26(21)14-15-6-4-10-25-13-15/h4-13,21,28H,3,14H2,1-2H3/t21-/m1/s1. The van der Waals surface area contributed by atoms with E-state index in [0.29, 0.717) is 28.5 Å². The molecule has 0 fully saturated rings. The lowest BCUT2D eigenvalue weighted by molar-refractivity contribution is -0.130. The molecule has 3 aromatic rings. The Morgan fingerprint density at radius 1 is 1.22 bits per heavy atom. The van der Waals surface area contributed by atoms with E-state index in [1.165, 1.54) is 23.3 Å². The lowest BCUT2D eigenvalue weighted by Gasteiger charge is -2.27. The maximum Gasteiger partial charge on any atom is 0.290 e. The second-order valence-corrected chi connectivity index (χ2v) is 8.06. The molecule has 0 bridgehead atoms. The fourth-order valence-corrected chi connectivity index (χ4v) is 4.43. The van der Waals surface area contributed by atoms with Crippen molar-refractivity contribution in [2.75, 3.05) is 13.7 Å². The molecule has 1 aliphatic heterocycles. The number of hydrogen-bond donors (Lipinski definition) is 1. The third-order valence-electron chi connectivity index (χ3n) is 5.17. The molecule has 1 aliphatic rings. The van der Waals surface area contributed by atoms with E-state index in [1.807, 2.05) is 13.0 Å². The zero-order chi connectivity index (χ0) is 22.7. The van der Waals surface area contributed by atoms with Gasteiger partial charge in [-0.1, -0.05) is 18.2 Å². The van der Waals surface area contributed by atoms with Crippen LogP contribution in [-0.4, -0.2) is 40.4 Å². The van der Waals surface area contributed by atoms with Gasteiger partial charge in [-0.2, -0.15) is 0 Å². The SMILES string of the molecule is CCOc1ccc([C@@H]2C(C(=O)c3cccs3)=C(O)C(=O)N2Cc2cccnc2)cc1OC. The van der Waals surface area contributed by atoms with Crippen molar-refractivity contribution >= 4 is 23.0 Å². The van der Waals surface area contributed by atoms with Crippen molar-refractivity contribution in [1.82, 2.24) is 9.88 Å².